The highest BCUT2D eigenvalue weighted by molar-refractivity contribution is 5.86. The highest BCUT2D eigenvalue weighted by Gasteiger charge is 2.31. The van der Waals surface area contributed by atoms with Gasteiger partial charge in [-0.15, -0.1) is 0 Å². The minimum atomic E-state index is -0.954. The minimum absolute atomic E-state index is 0.168. The van der Waals surface area contributed by atoms with Crippen molar-refractivity contribution in [2.24, 2.45) is 7.05 Å². The van der Waals surface area contributed by atoms with Crippen LogP contribution in [0.5, 0.6) is 0 Å². The van der Waals surface area contributed by atoms with E-state index in [0.717, 1.165) is 11.1 Å². The number of carbonyl (C=O) groups excluding carboxylic acids is 1. The fourth-order valence-corrected chi connectivity index (χ4v) is 2.98. The maximum Gasteiger partial charge on any atom is 0.305 e. The Bertz CT molecular complexity index is 722. The van der Waals surface area contributed by atoms with Crippen LogP contribution >= 0.6 is 0 Å². The lowest BCUT2D eigenvalue weighted by molar-refractivity contribution is -0.143. The lowest BCUT2D eigenvalue weighted by atomic mass is 10.1. The second-order valence-electron chi connectivity index (χ2n) is 5.69. The Hall–Kier alpha value is -2.34. The predicted molar refractivity (Wildman–Crippen MR) is 82.4 cm³/mol. The molecule has 1 fully saturated rings. The highest BCUT2D eigenvalue weighted by atomic mass is 16.4. The molecule has 0 unspecified atom stereocenters. The monoisotopic (exact) mass is 301 g/mol. The first-order chi connectivity index (χ1) is 10.5. The fraction of sp³-hybridized carbons (Fsp3) is 0.375. The summed E-state index contributed by atoms with van der Waals surface area (Å²) in [6.07, 6.45) is 1.84. The van der Waals surface area contributed by atoms with E-state index >= 15 is 0 Å². The van der Waals surface area contributed by atoms with Gasteiger partial charge in [0.15, 0.2) is 0 Å². The van der Waals surface area contributed by atoms with Gasteiger partial charge < -0.3 is 15.0 Å². The number of piperazine rings is 1. The Morgan fingerprint density at radius 1 is 1.41 bits per heavy atom. The molecule has 0 saturated carbocycles. The Morgan fingerprint density at radius 3 is 3.00 bits per heavy atom. The second-order valence-corrected chi connectivity index (χ2v) is 5.69. The molecule has 0 radical (unpaired) electrons. The zero-order valence-electron chi connectivity index (χ0n) is 12.5. The molecule has 1 amide bonds. The largest absolute Gasteiger partial charge is 0.481 e. The van der Waals surface area contributed by atoms with Crippen molar-refractivity contribution in [1.82, 2.24) is 14.8 Å². The van der Waals surface area contributed by atoms with Crippen LogP contribution < -0.4 is 5.32 Å². The van der Waals surface area contributed by atoms with Crippen LogP contribution in [0.3, 0.4) is 0 Å². The van der Waals surface area contributed by atoms with Crippen molar-refractivity contribution < 1.29 is 14.7 Å². The van der Waals surface area contributed by atoms with Gasteiger partial charge in [0.25, 0.3) is 0 Å². The van der Waals surface area contributed by atoms with E-state index in [0.29, 0.717) is 19.6 Å². The van der Waals surface area contributed by atoms with Crippen LogP contribution in [-0.4, -0.2) is 45.6 Å². The SMILES string of the molecule is Cn1ccc2ccc(CN3CCNC(=O)[C@H]3CC(=O)O)cc21. The van der Waals surface area contributed by atoms with E-state index in [4.69, 9.17) is 5.11 Å². The Labute approximate surface area is 128 Å². The minimum Gasteiger partial charge on any atom is -0.481 e. The number of hydrogen-bond donors (Lipinski definition) is 2. The van der Waals surface area contributed by atoms with E-state index in [-0.39, 0.29) is 12.3 Å². The Morgan fingerprint density at radius 2 is 2.23 bits per heavy atom. The summed E-state index contributed by atoms with van der Waals surface area (Å²) in [4.78, 5) is 24.9. The zero-order chi connectivity index (χ0) is 15.7. The smallest absolute Gasteiger partial charge is 0.305 e. The third kappa shape index (κ3) is 2.82. The molecule has 1 aromatic carbocycles. The number of carbonyl (C=O) groups is 2. The molecule has 1 saturated heterocycles. The van der Waals surface area contributed by atoms with Crippen molar-refractivity contribution in [1.29, 1.82) is 0 Å². The molecule has 1 aliphatic heterocycles. The number of rotatable bonds is 4. The highest BCUT2D eigenvalue weighted by Crippen LogP contribution is 2.19. The van der Waals surface area contributed by atoms with Gasteiger partial charge in [0, 0.05) is 38.4 Å². The number of amides is 1. The number of aliphatic carboxylic acids is 1. The first-order valence-corrected chi connectivity index (χ1v) is 7.32. The molecule has 22 heavy (non-hydrogen) atoms. The first kappa shape index (κ1) is 14.6. The average Bonchev–Trinajstić information content (AvgIpc) is 2.84. The van der Waals surface area contributed by atoms with E-state index in [2.05, 4.69) is 28.1 Å². The van der Waals surface area contributed by atoms with Crippen molar-refractivity contribution in [3.63, 3.8) is 0 Å². The van der Waals surface area contributed by atoms with Gasteiger partial charge in [0.05, 0.1) is 6.42 Å². The first-order valence-electron chi connectivity index (χ1n) is 7.32. The summed E-state index contributed by atoms with van der Waals surface area (Å²) in [6, 6.07) is 7.64. The molecule has 6 heteroatoms. The third-order valence-electron chi connectivity index (χ3n) is 4.15. The van der Waals surface area contributed by atoms with Gasteiger partial charge >= 0.3 is 5.97 Å². The lowest BCUT2D eigenvalue weighted by Crippen LogP contribution is -2.55. The van der Waals surface area contributed by atoms with Crippen molar-refractivity contribution >= 4 is 22.8 Å². The number of benzene rings is 1. The van der Waals surface area contributed by atoms with E-state index < -0.39 is 12.0 Å². The zero-order valence-corrected chi connectivity index (χ0v) is 12.5. The number of aryl methyl sites for hydroxylation is 1. The lowest BCUT2D eigenvalue weighted by Gasteiger charge is -2.34. The van der Waals surface area contributed by atoms with Gasteiger partial charge in [0.2, 0.25) is 5.91 Å². The molecule has 2 aromatic rings. The van der Waals surface area contributed by atoms with Crippen LogP contribution in [0.15, 0.2) is 30.5 Å². The quantitative estimate of drug-likeness (QED) is 0.882. The molecule has 0 bridgehead atoms. The van der Waals surface area contributed by atoms with E-state index in [9.17, 15) is 9.59 Å². The maximum absolute atomic E-state index is 11.9. The number of carboxylic acid groups (broad SMARTS) is 1. The summed E-state index contributed by atoms with van der Waals surface area (Å²) in [5.41, 5.74) is 2.22. The molecule has 1 atom stereocenters. The molecule has 2 heterocycles. The number of hydrogen-bond acceptors (Lipinski definition) is 3. The normalized spacial score (nSPS) is 19.3. The van der Waals surface area contributed by atoms with Crippen molar-refractivity contribution in [2.45, 2.75) is 19.0 Å². The standard InChI is InChI=1S/C16H19N3O3/c1-18-6-4-12-3-2-11(8-13(12)18)10-19-7-5-17-16(22)14(19)9-15(20)21/h2-4,6,8,14H,5,7,9-10H2,1H3,(H,17,22)(H,20,21)/t14-/m1/s1. The van der Waals surface area contributed by atoms with Gasteiger partial charge in [-0.25, -0.2) is 0 Å². The average molecular weight is 301 g/mol. The number of carboxylic acids is 1. The Balaban J connectivity index is 1.83. The van der Waals surface area contributed by atoms with Crippen LogP contribution in [0.2, 0.25) is 0 Å². The number of fused-ring (bicyclic) bond motifs is 1. The van der Waals surface area contributed by atoms with E-state index in [1.807, 2.05) is 24.2 Å². The van der Waals surface area contributed by atoms with E-state index in [1.165, 1.54) is 5.39 Å². The van der Waals surface area contributed by atoms with Gasteiger partial charge in [-0.3, -0.25) is 14.5 Å². The molecule has 0 aliphatic carbocycles. The summed E-state index contributed by atoms with van der Waals surface area (Å²) in [5, 5.41) is 12.9. The van der Waals surface area contributed by atoms with Gasteiger partial charge in [-0.1, -0.05) is 12.1 Å². The number of nitrogens with zero attached hydrogens (tertiary/aromatic N) is 2. The van der Waals surface area contributed by atoms with E-state index in [1.54, 1.807) is 0 Å². The van der Waals surface area contributed by atoms with Crippen LogP contribution in [0.25, 0.3) is 10.9 Å². The van der Waals surface area contributed by atoms with Crippen LogP contribution in [0.1, 0.15) is 12.0 Å². The molecule has 1 aromatic heterocycles. The summed E-state index contributed by atoms with van der Waals surface area (Å²) >= 11 is 0. The molecule has 0 spiro atoms. The van der Waals surface area contributed by atoms with Gasteiger partial charge in [-0.05, 0) is 23.1 Å². The van der Waals surface area contributed by atoms with Crippen molar-refractivity contribution in [3.05, 3.63) is 36.0 Å². The van der Waals surface area contributed by atoms with Crippen molar-refractivity contribution in [3.8, 4) is 0 Å². The molecule has 6 nitrogen and oxygen atoms in total. The van der Waals surface area contributed by atoms with Crippen LogP contribution in [-0.2, 0) is 23.2 Å². The molecular formula is C16H19N3O3. The molecule has 2 N–H and O–H groups in total. The molecular weight excluding hydrogens is 282 g/mol. The number of nitrogens with one attached hydrogen (secondary N) is 1. The molecule has 3 rings (SSSR count). The Kier molecular flexibility index (Phi) is 3.85. The molecule has 1 aliphatic rings. The predicted octanol–water partition coefficient (Wildman–Crippen LogP) is 0.953. The number of aromatic nitrogens is 1. The summed E-state index contributed by atoms with van der Waals surface area (Å²) in [6.45, 7) is 1.79. The molecule has 116 valence electrons. The van der Waals surface area contributed by atoms with Crippen LogP contribution in [0, 0.1) is 0 Å². The fourth-order valence-electron chi connectivity index (χ4n) is 2.98. The topological polar surface area (TPSA) is 74.6 Å². The maximum atomic E-state index is 11.9. The van der Waals surface area contributed by atoms with Crippen LogP contribution in [0.4, 0.5) is 0 Å². The second kappa shape index (κ2) is 5.81. The van der Waals surface area contributed by atoms with Gasteiger partial charge in [-0.2, -0.15) is 0 Å². The summed E-state index contributed by atoms with van der Waals surface area (Å²) in [7, 11) is 1.99. The summed E-state index contributed by atoms with van der Waals surface area (Å²) in [5.74, 6) is -1.15. The third-order valence-corrected chi connectivity index (χ3v) is 4.15. The van der Waals surface area contributed by atoms with Gasteiger partial charge in [0.1, 0.15) is 6.04 Å². The van der Waals surface area contributed by atoms with Crippen molar-refractivity contribution in [2.75, 3.05) is 13.1 Å². The summed E-state index contributed by atoms with van der Waals surface area (Å²) < 4.78 is 2.05.